The minimum absolute atomic E-state index is 0.636. The molecule has 0 saturated carbocycles. The Morgan fingerprint density at radius 1 is 1.11 bits per heavy atom. The van der Waals surface area contributed by atoms with Crippen LogP contribution < -0.4 is 10.6 Å². The average molecular weight is 392 g/mol. The van der Waals surface area contributed by atoms with Crippen LogP contribution in [-0.2, 0) is 27.4 Å². The second kappa shape index (κ2) is 14.4. The molecular formula is C22H37N3O3. The van der Waals surface area contributed by atoms with Gasteiger partial charge in [0.2, 0.25) is 0 Å². The van der Waals surface area contributed by atoms with E-state index in [0.29, 0.717) is 19.1 Å². The van der Waals surface area contributed by atoms with Crippen LogP contribution in [0.4, 0.5) is 0 Å². The zero-order valence-electron chi connectivity index (χ0n) is 17.5. The summed E-state index contributed by atoms with van der Waals surface area (Å²) in [5.41, 5.74) is 2.40. The van der Waals surface area contributed by atoms with Crippen molar-refractivity contribution in [2.45, 2.75) is 46.3 Å². The van der Waals surface area contributed by atoms with E-state index in [9.17, 15) is 0 Å². The van der Waals surface area contributed by atoms with E-state index in [2.05, 4.69) is 35.8 Å². The van der Waals surface area contributed by atoms with Gasteiger partial charge in [0.1, 0.15) is 0 Å². The van der Waals surface area contributed by atoms with Gasteiger partial charge in [0.25, 0.3) is 0 Å². The molecule has 0 atom stereocenters. The molecule has 1 saturated heterocycles. The molecule has 1 aliphatic heterocycles. The maximum atomic E-state index is 5.83. The summed E-state index contributed by atoms with van der Waals surface area (Å²) >= 11 is 0. The molecule has 6 heteroatoms. The van der Waals surface area contributed by atoms with E-state index in [1.165, 1.54) is 11.1 Å². The van der Waals surface area contributed by atoms with Crippen LogP contribution in [0.15, 0.2) is 29.3 Å². The van der Waals surface area contributed by atoms with Crippen molar-refractivity contribution in [1.82, 2.24) is 10.6 Å². The summed E-state index contributed by atoms with van der Waals surface area (Å²) in [7, 11) is 0. The highest BCUT2D eigenvalue weighted by Gasteiger charge is 2.13. The zero-order valence-corrected chi connectivity index (χ0v) is 17.5. The normalized spacial score (nSPS) is 15.6. The number of ether oxygens (including phenoxy) is 3. The fraction of sp³-hybridized carbons (Fsp3) is 0.682. The summed E-state index contributed by atoms with van der Waals surface area (Å²) in [6.45, 7) is 11.2. The second-order valence-electron chi connectivity index (χ2n) is 7.01. The van der Waals surface area contributed by atoms with Gasteiger partial charge in [-0.1, -0.05) is 24.3 Å². The lowest BCUT2D eigenvalue weighted by Crippen LogP contribution is -2.38. The number of nitrogens with one attached hydrogen (secondary N) is 2. The molecule has 1 aromatic carbocycles. The van der Waals surface area contributed by atoms with Crippen LogP contribution in [0.3, 0.4) is 0 Å². The topological polar surface area (TPSA) is 64.1 Å². The Morgan fingerprint density at radius 3 is 2.64 bits per heavy atom. The van der Waals surface area contributed by atoms with Crippen molar-refractivity contribution in [1.29, 1.82) is 0 Å². The highest BCUT2D eigenvalue weighted by molar-refractivity contribution is 5.79. The van der Waals surface area contributed by atoms with Crippen molar-refractivity contribution in [3.05, 3.63) is 35.4 Å². The standard InChI is InChI=1S/C22H37N3O3/c1-3-23-22(24-12-7-13-28-17-19-10-14-27-15-11-19)25-16-20-8-5-6-9-21(20)18-26-4-2/h5-6,8-9,19H,3-4,7,10-18H2,1-2H3,(H2,23,24,25). The molecule has 2 rings (SSSR count). The molecule has 0 spiro atoms. The monoisotopic (exact) mass is 391 g/mol. The van der Waals surface area contributed by atoms with Gasteiger partial charge >= 0.3 is 0 Å². The van der Waals surface area contributed by atoms with Crippen LogP contribution in [0.2, 0.25) is 0 Å². The fourth-order valence-corrected chi connectivity index (χ4v) is 3.11. The van der Waals surface area contributed by atoms with Crippen molar-refractivity contribution in [2.24, 2.45) is 10.9 Å². The van der Waals surface area contributed by atoms with Crippen LogP contribution in [0.1, 0.15) is 44.2 Å². The molecule has 6 nitrogen and oxygen atoms in total. The van der Waals surface area contributed by atoms with Crippen LogP contribution in [-0.4, -0.2) is 52.1 Å². The minimum Gasteiger partial charge on any atom is -0.381 e. The van der Waals surface area contributed by atoms with Gasteiger partial charge in [-0.15, -0.1) is 0 Å². The van der Waals surface area contributed by atoms with Gasteiger partial charge in [-0.3, -0.25) is 0 Å². The first-order valence-corrected chi connectivity index (χ1v) is 10.7. The van der Waals surface area contributed by atoms with Crippen molar-refractivity contribution >= 4 is 5.96 Å². The maximum Gasteiger partial charge on any atom is 0.191 e. The van der Waals surface area contributed by atoms with E-state index >= 15 is 0 Å². The Morgan fingerprint density at radius 2 is 1.89 bits per heavy atom. The molecule has 0 unspecified atom stereocenters. The van der Waals surface area contributed by atoms with Gasteiger partial charge in [0, 0.05) is 46.1 Å². The first-order valence-electron chi connectivity index (χ1n) is 10.7. The number of hydrogen-bond donors (Lipinski definition) is 2. The molecule has 1 fully saturated rings. The quantitative estimate of drug-likeness (QED) is 0.326. The summed E-state index contributed by atoms with van der Waals surface area (Å²) < 4.78 is 16.8. The smallest absolute Gasteiger partial charge is 0.191 e. The summed E-state index contributed by atoms with van der Waals surface area (Å²) in [5.74, 6) is 1.51. The van der Waals surface area contributed by atoms with E-state index in [4.69, 9.17) is 19.2 Å². The second-order valence-corrected chi connectivity index (χ2v) is 7.01. The van der Waals surface area contributed by atoms with E-state index < -0.39 is 0 Å². The summed E-state index contributed by atoms with van der Waals surface area (Å²) in [4.78, 5) is 4.73. The SMILES string of the molecule is CCNC(=NCc1ccccc1COCC)NCCCOCC1CCOCC1. The highest BCUT2D eigenvalue weighted by atomic mass is 16.5. The third-order valence-electron chi connectivity index (χ3n) is 4.78. The van der Waals surface area contributed by atoms with Gasteiger partial charge in [-0.05, 0) is 50.2 Å². The Kier molecular flexibility index (Phi) is 11.6. The van der Waals surface area contributed by atoms with Crippen molar-refractivity contribution in [3.63, 3.8) is 0 Å². The molecule has 28 heavy (non-hydrogen) atoms. The van der Waals surface area contributed by atoms with Gasteiger partial charge in [-0.2, -0.15) is 0 Å². The molecule has 0 radical (unpaired) electrons. The Balaban J connectivity index is 1.70. The lowest BCUT2D eigenvalue weighted by atomic mass is 10.0. The lowest BCUT2D eigenvalue weighted by molar-refractivity contribution is 0.0203. The van der Waals surface area contributed by atoms with Gasteiger partial charge in [0.15, 0.2) is 5.96 Å². The summed E-state index contributed by atoms with van der Waals surface area (Å²) in [6, 6.07) is 8.32. The largest absolute Gasteiger partial charge is 0.381 e. The first-order chi connectivity index (χ1) is 13.8. The van der Waals surface area contributed by atoms with E-state index in [-0.39, 0.29) is 0 Å². The van der Waals surface area contributed by atoms with Gasteiger partial charge < -0.3 is 24.8 Å². The van der Waals surface area contributed by atoms with Crippen LogP contribution in [0.25, 0.3) is 0 Å². The number of aliphatic imine (C=N–C) groups is 1. The molecule has 1 aliphatic rings. The van der Waals surface area contributed by atoms with E-state index in [1.54, 1.807) is 0 Å². The first kappa shape index (κ1) is 22.7. The summed E-state index contributed by atoms with van der Waals surface area (Å²) in [5, 5.41) is 6.71. The van der Waals surface area contributed by atoms with Crippen LogP contribution in [0, 0.1) is 5.92 Å². The van der Waals surface area contributed by atoms with Crippen molar-refractivity contribution in [3.8, 4) is 0 Å². The van der Waals surface area contributed by atoms with Crippen LogP contribution in [0.5, 0.6) is 0 Å². The van der Waals surface area contributed by atoms with Crippen LogP contribution >= 0.6 is 0 Å². The molecule has 0 aromatic heterocycles. The predicted octanol–water partition coefficient (Wildman–Crippen LogP) is 3.11. The number of hydrogen-bond acceptors (Lipinski definition) is 4. The van der Waals surface area contributed by atoms with Gasteiger partial charge in [-0.25, -0.2) is 4.99 Å². The van der Waals surface area contributed by atoms with E-state index in [0.717, 1.165) is 71.3 Å². The Bertz CT molecular complexity index is 560. The van der Waals surface area contributed by atoms with Crippen molar-refractivity contribution < 1.29 is 14.2 Å². The molecule has 2 N–H and O–H groups in total. The summed E-state index contributed by atoms with van der Waals surface area (Å²) in [6.07, 6.45) is 3.22. The molecule has 1 heterocycles. The molecule has 0 amide bonds. The predicted molar refractivity (Wildman–Crippen MR) is 114 cm³/mol. The Labute approximate surface area is 170 Å². The highest BCUT2D eigenvalue weighted by Crippen LogP contribution is 2.14. The molecular weight excluding hydrogens is 354 g/mol. The van der Waals surface area contributed by atoms with E-state index in [1.807, 2.05) is 13.0 Å². The number of rotatable bonds is 12. The number of guanidine groups is 1. The molecule has 158 valence electrons. The average Bonchev–Trinajstić information content (AvgIpc) is 2.74. The fourth-order valence-electron chi connectivity index (χ4n) is 3.11. The number of nitrogens with zero attached hydrogens (tertiary/aromatic N) is 1. The third-order valence-corrected chi connectivity index (χ3v) is 4.78. The molecule has 0 aliphatic carbocycles. The van der Waals surface area contributed by atoms with Gasteiger partial charge in [0.05, 0.1) is 13.2 Å². The molecule has 0 bridgehead atoms. The van der Waals surface area contributed by atoms with Crippen molar-refractivity contribution in [2.75, 3.05) is 46.1 Å². The third kappa shape index (κ3) is 9.04. The number of benzene rings is 1. The minimum atomic E-state index is 0.636. The lowest BCUT2D eigenvalue weighted by Gasteiger charge is -2.21. The maximum absolute atomic E-state index is 5.83. The Hall–Kier alpha value is -1.63. The molecule has 1 aromatic rings. The zero-order chi connectivity index (χ0) is 19.9.